The van der Waals surface area contributed by atoms with Gasteiger partial charge in [0.25, 0.3) is 0 Å². The number of ether oxygens (including phenoxy) is 1. The van der Waals surface area contributed by atoms with E-state index in [2.05, 4.69) is 18.3 Å². The highest BCUT2D eigenvalue weighted by molar-refractivity contribution is 5.34. The molecule has 0 radical (unpaired) electrons. The van der Waals surface area contributed by atoms with Gasteiger partial charge in [0, 0.05) is 31.4 Å². The van der Waals surface area contributed by atoms with Crippen LogP contribution in [0.1, 0.15) is 30.3 Å². The predicted octanol–water partition coefficient (Wildman–Crippen LogP) is 1.47. The molecule has 1 aliphatic rings. The van der Waals surface area contributed by atoms with Gasteiger partial charge in [0.1, 0.15) is 11.8 Å². The molecule has 4 heteroatoms. The van der Waals surface area contributed by atoms with Gasteiger partial charge in [-0.3, -0.25) is 0 Å². The number of nitrogens with zero attached hydrogens (tertiary/aromatic N) is 2. The second kappa shape index (κ2) is 4.52. The van der Waals surface area contributed by atoms with Gasteiger partial charge < -0.3 is 14.6 Å². The Bertz CT molecular complexity index is 450. The van der Waals surface area contributed by atoms with Crippen molar-refractivity contribution in [3.05, 3.63) is 23.0 Å². The molecule has 2 heterocycles. The fraction of sp³-hybridized carbons (Fsp3) is 0.615. The molecule has 1 unspecified atom stereocenters. The minimum atomic E-state index is 0.0785. The normalized spacial score (nSPS) is 23.9. The molecule has 4 nitrogen and oxygen atoms in total. The maximum atomic E-state index is 8.98. The topological polar surface area (TPSA) is 50.0 Å². The SMILES string of the molecule is Cc1c(CNC2(C)CCOC2)cc(C#N)n1C. The van der Waals surface area contributed by atoms with Crippen molar-refractivity contribution in [2.75, 3.05) is 13.2 Å². The van der Waals surface area contributed by atoms with E-state index >= 15 is 0 Å². The maximum Gasteiger partial charge on any atom is 0.120 e. The van der Waals surface area contributed by atoms with Crippen molar-refractivity contribution in [3.63, 3.8) is 0 Å². The van der Waals surface area contributed by atoms with E-state index in [1.807, 2.05) is 24.6 Å². The van der Waals surface area contributed by atoms with Gasteiger partial charge >= 0.3 is 0 Å². The fourth-order valence-corrected chi connectivity index (χ4v) is 2.16. The third-order valence-corrected chi connectivity index (χ3v) is 3.68. The minimum Gasteiger partial charge on any atom is -0.379 e. The Morgan fingerprint density at radius 2 is 2.41 bits per heavy atom. The van der Waals surface area contributed by atoms with Crippen LogP contribution in [0.25, 0.3) is 0 Å². The van der Waals surface area contributed by atoms with Crippen molar-refractivity contribution >= 4 is 0 Å². The zero-order valence-electron chi connectivity index (χ0n) is 10.7. The summed E-state index contributed by atoms with van der Waals surface area (Å²) in [5.74, 6) is 0. The van der Waals surface area contributed by atoms with Gasteiger partial charge in [-0.2, -0.15) is 5.26 Å². The average molecular weight is 233 g/mol. The molecule has 1 saturated heterocycles. The van der Waals surface area contributed by atoms with Crippen molar-refractivity contribution in [2.24, 2.45) is 7.05 Å². The Morgan fingerprint density at radius 1 is 1.65 bits per heavy atom. The van der Waals surface area contributed by atoms with Gasteiger partial charge in [-0.1, -0.05) is 0 Å². The molecule has 17 heavy (non-hydrogen) atoms. The molecule has 1 fully saturated rings. The molecule has 0 aliphatic carbocycles. The van der Waals surface area contributed by atoms with Crippen molar-refractivity contribution in [3.8, 4) is 6.07 Å². The van der Waals surface area contributed by atoms with Crippen LogP contribution in [0, 0.1) is 18.3 Å². The van der Waals surface area contributed by atoms with Crippen LogP contribution in [0.3, 0.4) is 0 Å². The first-order chi connectivity index (χ1) is 8.06. The molecule has 1 atom stereocenters. The van der Waals surface area contributed by atoms with Crippen molar-refractivity contribution in [2.45, 2.75) is 32.4 Å². The molecule has 2 rings (SSSR count). The molecule has 92 valence electrons. The van der Waals surface area contributed by atoms with Crippen molar-refractivity contribution < 1.29 is 4.74 Å². The third-order valence-electron chi connectivity index (χ3n) is 3.68. The molecule has 0 spiro atoms. The van der Waals surface area contributed by atoms with Crippen LogP contribution in [0.2, 0.25) is 0 Å². The van der Waals surface area contributed by atoms with Crippen LogP contribution in [-0.4, -0.2) is 23.3 Å². The molecule has 1 N–H and O–H groups in total. The van der Waals surface area contributed by atoms with Crippen LogP contribution in [0.4, 0.5) is 0 Å². The van der Waals surface area contributed by atoms with Gasteiger partial charge in [-0.05, 0) is 31.9 Å². The predicted molar refractivity (Wildman–Crippen MR) is 65.5 cm³/mol. The maximum absolute atomic E-state index is 8.98. The summed E-state index contributed by atoms with van der Waals surface area (Å²) >= 11 is 0. The summed E-state index contributed by atoms with van der Waals surface area (Å²) in [6.45, 7) is 6.63. The van der Waals surface area contributed by atoms with E-state index in [0.717, 1.165) is 31.9 Å². The van der Waals surface area contributed by atoms with E-state index in [1.165, 1.54) is 5.56 Å². The molecule has 0 amide bonds. The second-order valence-electron chi connectivity index (χ2n) is 5.03. The quantitative estimate of drug-likeness (QED) is 0.860. The molecular weight excluding hydrogens is 214 g/mol. The molecule has 1 aromatic heterocycles. The second-order valence-corrected chi connectivity index (χ2v) is 5.03. The molecular formula is C13H19N3O. The van der Waals surface area contributed by atoms with Gasteiger partial charge in [-0.25, -0.2) is 0 Å². The van der Waals surface area contributed by atoms with E-state index in [0.29, 0.717) is 5.69 Å². The summed E-state index contributed by atoms with van der Waals surface area (Å²) in [5.41, 5.74) is 3.13. The number of nitrogens with one attached hydrogen (secondary N) is 1. The van der Waals surface area contributed by atoms with Crippen LogP contribution in [0.5, 0.6) is 0 Å². The Morgan fingerprint density at radius 3 is 2.94 bits per heavy atom. The minimum absolute atomic E-state index is 0.0785. The number of rotatable bonds is 3. The van der Waals surface area contributed by atoms with Crippen molar-refractivity contribution in [1.29, 1.82) is 5.26 Å². The smallest absolute Gasteiger partial charge is 0.120 e. The standard InChI is InChI=1S/C13H19N3O/c1-10-11(6-12(7-14)16(10)3)8-15-13(2)4-5-17-9-13/h6,15H,4-5,8-9H2,1-3H3. The van der Waals surface area contributed by atoms with E-state index < -0.39 is 0 Å². The Labute approximate surface area is 102 Å². The van der Waals surface area contributed by atoms with Gasteiger partial charge in [0.2, 0.25) is 0 Å². The number of nitriles is 1. The van der Waals surface area contributed by atoms with Gasteiger partial charge in [0.05, 0.1) is 6.61 Å². The lowest BCUT2D eigenvalue weighted by Crippen LogP contribution is -2.42. The molecule has 0 aromatic carbocycles. The van der Waals surface area contributed by atoms with E-state index in [4.69, 9.17) is 10.00 Å². The average Bonchev–Trinajstić information content (AvgIpc) is 2.85. The fourth-order valence-electron chi connectivity index (χ4n) is 2.16. The van der Waals surface area contributed by atoms with Crippen LogP contribution < -0.4 is 5.32 Å². The number of hydrogen-bond donors (Lipinski definition) is 1. The Hall–Kier alpha value is -1.31. The van der Waals surface area contributed by atoms with Gasteiger partial charge in [0.15, 0.2) is 0 Å². The van der Waals surface area contributed by atoms with Crippen LogP contribution in [0.15, 0.2) is 6.07 Å². The van der Waals surface area contributed by atoms with Gasteiger partial charge in [-0.15, -0.1) is 0 Å². The first-order valence-corrected chi connectivity index (χ1v) is 5.94. The lowest BCUT2D eigenvalue weighted by atomic mass is 10.0. The zero-order valence-corrected chi connectivity index (χ0v) is 10.7. The summed E-state index contributed by atoms with van der Waals surface area (Å²) in [4.78, 5) is 0. The monoisotopic (exact) mass is 233 g/mol. The highest BCUT2D eigenvalue weighted by Crippen LogP contribution is 2.20. The lowest BCUT2D eigenvalue weighted by Gasteiger charge is -2.23. The van der Waals surface area contributed by atoms with E-state index in [-0.39, 0.29) is 5.54 Å². The lowest BCUT2D eigenvalue weighted by molar-refractivity contribution is 0.171. The first kappa shape index (κ1) is 12.2. The number of hydrogen-bond acceptors (Lipinski definition) is 3. The van der Waals surface area contributed by atoms with E-state index in [1.54, 1.807) is 0 Å². The van der Waals surface area contributed by atoms with Crippen LogP contribution >= 0.6 is 0 Å². The molecule has 1 aromatic rings. The number of aromatic nitrogens is 1. The van der Waals surface area contributed by atoms with E-state index in [9.17, 15) is 0 Å². The molecule has 1 aliphatic heterocycles. The highest BCUT2D eigenvalue weighted by Gasteiger charge is 2.29. The highest BCUT2D eigenvalue weighted by atomic mass is 16.5. The third kappa shape index (κ3) is 2.36. The summed E-state index contributed by atoms with van der Waals surface area (Å²) in [6.07, 6.45) is 1.05. The Balaban J connectivity index is 2.07. The first-order valence-electron chi connectivity index (χ1n) is 5.94. The summed E-state index contributed by atoms with van der Waals surface area (Å²) < 4.78 is 7.34. The van der Waals surface area contributed by atoms with Crippen molar-refractivity contribution in [1.82, 2.24) is 9.88 Å². The largest absolute Gasteiger partial charge is 0.379 e. The summed E-state index contributed by atoms with van der Waals surface area (Å²) in [7, 11) is 1.93. The molecule has 0 saturated carbocycles. The summed E-state index contributed by atoms with van der Waals surface area (Å²) in [6, 6.07) is 4.16. The summed E-state index contributed by atoms with van der Waals surface area (Å²) in [5, 5.41) is 12.5. The zero-order chi connectivity index (χ0) is 12.5. The molecule has 0 bridgehead atoms. The van der Waals surface area contributed by atoms with Crippen LogP contribution in [-0.2, 0) is 18.3 Å². The Kier molecular flexibility index (Phi) is 3.23.